The minimum Gasteiger partial charge on any atom is -0.670 e. The molecule has 0 aliphatic carbocycles. The number of benzene rings is 2. The molecule has 0 spiro atoms. The number of methoxy groups -OCH3 is 2. The van der Waals surface area contributed by atoms with Crippen molar-refractivity contribution in [2.24, 2.45) is 22.7 Å². The van der Waals surface area contributed by atoms with Crippen LogP contribution in [0.5, 0.6) is 23.0 Å². The number of hydrogen-bond donors (Lipinski definition) is 3. The van der Waals surface area contributed by atoms with E-state index in [2.05, 4.69) is 23.8 Å². The van der Waals surface area contributed by atoms with Gasteiger partial charge < -0.3 is 29.8 Å². The zero-order chi connectivity index (χ0) is 30.9. The minimum absolute atomic E-state index is 0.0123. The van der Waals surface area contributed by atoms with Crippen LogP contribution < -0.4 is 14.5 Å². The zero-order valence-electron chi connectivity index (χ0n) is 25.4. The highest BCUT2D eigenvalue weighted by Crippen LogP contribution is 2.36. The van der Waals surface area contributed by atoms with Crippen LogP contribution in [0.4, 0.5) is 0 Å². The molecule has 1 aromatic heterocycles. The standard InChI is InChI=1S/C35H42N2O6/c1-22(2)13-29-26(6-8-31(39)35(29)43-4)18-28(16-25-10-12-37-21-25)33(41)19-32(40)27(15-24-9-11-36-20-24)14-23-5-7-30(38)34(17-23)42-3/h5-12,17,20-22,27-28,33,38-39,41H,13-16,18-19H2,1-4H3. The van der Waals surface area contributed by atoms with Gasteiger partial charge in [-0.1, -0.05) is 37.6 Å². The number of phenols is 2. The van der Waals surface area contributed by atoms with Gasteiger partial charge in [-0.3, -0.25) is 4.79 Å². The largest absolute Gasteiger partial charge is 0.670 e. The highest BCUT2D eigenvalue weighted by atomic mass is 16.5. The van der Waals surface area contributed by atoms with Crippen LogP contribution in [0.25, 0.3) is 0 Å². The number of allylic oxidation sites excluding steroid dienone is 1. The van der Waals surface area contributed by atoms with E-state index in [1.807, 2.05) is 18.2 Å². The first-order valence-electron chi connectivity index (χ1n) is 14.7. The number of hydrogen-bond acceptors (Lipinski definition) is 7. The van der Waals surface area contributed by atoms with Gasteiger partial charge in [0.15, 0.2) is 29.2 Å². The third kappa shape index (κ3) is 8.45. The molecule has 228 valence electrons. The van der Waals surface area contributed by atoms with Gasteiger partial charge in [-0.05, 0) is 66.8 Å². The van der Waals surface area contributed by atoms with Crippen LogP contribution in [0, 0.1) is 24.3 Å². The lowest BCUT2D eigenvalue weighted by molar-refractivity contribution is -0.125. The molecule has 0 saturated carbocycles. The quantitative estimate of drug-likeness (QED) is 0.192. The van der Waals surface area contributed by atoms with Gasteiger partial charge in [0.05, 0.1) is 26.4 Å². The van der Waals surface area contributed by atoms with Crippen molar-refractivity contribution in [3.63, 3.8) is 0 Å². The maximum atomic E-state index is 13.9. The Morgan fingerprint density at radius 2 is 1.74 bits per heavy atom. The lowest BCUT2D eigenvalue weighted by Gasteiger charge is -2.26. The molecular formula is C35H42N2O6. The van der Waals surface area contributed by atoms with Crippen LogP contribution in [0.2, 0.25) is 0 Å². The van der Waals surface area contributed by atoms with Gasteiger partial charge in [0.2, 0.25) is 0 Å². The molecule has 0 radical (unpaired) electrons. The average Bonchev–Trinajstić information content (AvgIpc) is 3.69. The van der Waals surface area contributed by atoms with E-state index in [0.29, 0.717) is 49.5 Å². The van der Waals surface area contributed by atoms with Gasteiger partial charge >= 0.3 is 0 Å². The van der Waals surface area contributed by atoms with Crippen LogP contribution in [0.1, 0.15) is 48.9 Å². The van der Waals surface area contributed by atoms with Gasteiger partial charge in [0, 0.05) is 24.3 Å². The number of aliphatic imine (C=N–C) groups is 1. The number of Topliss-reactive ketones (excluding diaryl/α,β-unsaturated/α-hetero) is 1. The summed E-state index contributed by atoms with van der Waals surface area (Å²) in [5.41, 5.74) is 4.70. The first-order chi connectivity index (χ1) is 20.7. The Morgan fingerprint density at radius 3 is 2.40 bits per heavy atom. The maximum Gasteiger partial charge on any atom is 0.176 e. The van der Waals surface area contributed by atoms with Crippen molar-refractivity contribution in [1.29, 1.82) is 0 Å². The summed E-state index contributed by atoms with van der Waals surface area (Å²) in [6.45, 7) is 5.93. The second-order valence-electron chi connectivity index (χ2n) is 11.7. The van der Waals surface area contributed by atoms with Crippen LogP contribution in [0.3, 0.4) is 0 Å². The van der Waals surface area contributed by atoms with Crippen molar-refractivity contribution in [3.05, 3.63) is 89.2 Å². The summed E-state index contributed by atoms with van der Waals surface area (Å²) in [6, 6.07) is 10.6. The second kappa shape index (κ2) is 14.8. The summed E-state index contributed by atoms with van der Waals surface area (Å²) in [5, 5.41) is 32.2. The van der Waals surface area contributed by atoms with Crippen molar-refractivity contribution in [2.75, 3.05) is 14.2 Å². The van der Waals surface area contributed by atoms with Crippen molar-refractivity contribution >= 4 is 12.0 Å². The van der Waals surface area contributed by atoms with Gasteiger partial charge in [-0.2, -0.15) is 12.4 Å². The Hall–Kier alpha value is -4.17. The molecule has 4 rings (SSSR count). The number of rotatable bonds is 16. The molecule has 0 saturated heterocycles. The predicted molar refractivity (Wildman–Crippen MR) is 167 cm³/mol. The number of aromatic hydroxyl groups is 2. The van der Waals surface area contributed by atoms with Gasteiger partial charge in [-0.15, -0.1) is 4.99 Å². The monoisotopic (exact) mass is 586 g/mol. The predicted octanol–water partition coefficient (Wildman–Crippen LogP) is 5.41. The minimum atomic E-state index is -0.913. The van der Waals surface area contributed by atoms with E-state index >= 15 is 0 Å². The molecule has 3 N–H and O–H groups in total. The summed E-state index contributed by atoms with van der Waals surface area (Å²) < 4.78 is 10.9. The highest BCUT2D eigenvalue weighted by molar-refractivity contribution is 5.86. The second-order valence-corrected chi connectivity index (χ2v) is 11.7. The molecule has 1 aliphatic rings. The Balaban J connectivity index is 1.59. The average molecular weight is 587 g/mol. The van der Waals surface area contributed by atoms with Gasteiger partial charge in [0.1, 0.15) is 17.9 Å². The van der Waals surface area contributed by atoms with Gasteiger partial charge in [0.25, 0.3) is 0 Å². The Morgan fingerprint density at radius 1 is 0.953 bits per heavy atom. The van der Waals surface area contributed by atoms with E-state index in [4.69, 9.17) is 9.47 Å². The molecule has 0 fully saturated rings. The summed E-state index contributed by atoms with van der Waals surface area (Å²) in [4.78, 5) is 22.3. The lowest BCUT2D eigenvalue weighted by Crippen LogP contribution is -2.31. The van der Waals surface area contributed by atoms with Crippen molar-refractivity contribution in [3.8, 4) is 23.0 Å². The first kappa shape index (κ1) is 31.8. The van der Waals surface area contributed by atoms with Crippen molar-refractivity contribution in [2.45, 2.75) is 58.5 Å². The third-order valence-corrected chi connectivity index (χ3v) is 7.98. The summed E-state index contributed by atoms with van der Waals surface area (Å²) in [6.07, 6.45) is 8.92. The normalized spacial score (nSPS) is 14.7. The fourth-order valence-electron chi connectivity index (χ4n) is 5.78. The molecule has 1 aliphatic heterocycles. The zero-order valence-corrected chi connectivity index (χ0v) is 25.4. The number of nitrogens with zero attached hydrogens (tertiary/aromatic N) is 2. The molecule has 2 heterocycles. The number of ether oxygens (including phenoxy) is 2. The molecule has 8 heteroatoms. The van der Waals surface area contributed by atoms with E-state index in [1.165, 1.54) is 7.11 Å². The topological polar surface area (TPSA) is 123 Å². The molecule has 3 aromatic rings. The van der Waals surface area contributed by atoms with Gasteiger partial charge in [-0.25, -0.2) is 0 Å². The fourth-order valence-corrected chi connectivity index (χ4v) is 5.78. The number of carbonyl (C=O) groups excluding carboxylic acids is 1. The molecule has 3 unspecified atom stereocenters. The molecule has 0 amide bonds. The maximum absolute atomic E-state index is 13.9. The van der Waals surface area contributed by atoms with E-state index < -0.39 is 12.0 Å². The van der Waals surface area contributed by atoms with E-state index in [9.17, 15) is 20.1 Å². The number of carbonyl (C=O) groups is 1. The summed E-state index contributed by atoms with van der Waals surface area (Å²) in [5.74, 6) is 0.535. The first-order valence-corrected chi connectivity index (χ1v) is 14.7. The molecule has 8 nitrogen and oxygen atoms in total. The Bertz CT molecular complexity index is 1430. The Labute approximate surface area is 254 Å². The Kier molecular flexibility index (Phi) is 11.0. The van der Waals surface area contributed by atoms with E-state index in [0.717, 1.165) is 27.8 Å². The third-order valence-electron chi connectivity index (χ3n) is 7.98. The molecular weight excluding hydrogens is 544 g/mol. The molecule has 43 heavy (non-hydrogen) atoms. The van der Waals surface area contributed by atoms with Crippen LogP contribution >= 0.6 is 0 Å². The molecule has 2 aromatic carbocycles. The number of phenolic OH excluding ortho intramolecular Hbond substituents is 2. The lowest BCUT2D eigenvalue weighted by atomic mass is 9.81. The SMILES string of the molecule is COc1cc(CC(CC2=C[CH+]N=C2)C(=O)CC(O)C(Cc2cc[n-]c2)Cc2ccc(O)c(OC)c2CC(C)C)ccc1O. The molecule has 3 atom stereocenters. The number of aliphatic hydroxyl groups is 1. The smallest absolute Gasteiger partial charge is 0.176 e. The number of ketones is 1. The number of aromatic nitrogens is 1. The highest BCUT2D eigenvalue weighted by Gasteiger charge is 2.30. The van der Waals surface area contributed by atoms with Crippen LogP contribution in [-0.2, 0) is 30.5 Å². The summed E-state index contributed by atoms with van der Waals surface area (Å²) >= 11 is 0. The molecule has 0 bridgehead atoms. The van der Waals surface area contributed by atoms with Crippen LogP contribution in [-0.4, -0.2) is 47.6 Å². The van der Waals surface area contributed by atoms with Crippen molar-refractivity contribution < 1.29 is 29.6 Å². The van der Waals surface area contributed by atoms with E-state index in [-0.39, 0.29) is 29.6 Å². The fraction of sp³-hybridized carbons (Fsp3) is 0.400. The van der Waals surface area contributed by atoms with Crippen molar-refractivity contribution in [1.82, 2.24) is 4.98 Å². The summed E-state index contributed by atoms with van der Waals surface area (Å²) in [7, 11) is 3.04. The van der Waals surface area contributed by atoms with Crippen LogP contribution in [0.15, 0.2) is 65.4 Å². The van der Waals surface area contributed by atoms with E-state index in [1.54, 1.807) is 56.5 Å². The number of aliphatic hydroxyl groups excluding tert-OH is 1.